The molecule has 0 N–H and O–H groups in total. The van der Waals surface area contributed by atoms with E-state index in [1.54, 1.807) is 6.92 Å². The Labute approximate surface area is 92.8 Å². The molecule has 0 heterocycles. The second-order valence-corrected chi connectivity index (χ2v) is 4.48. The van der Waals surface area contributed by atoms with Crippen molar-refractivity contribution in [1.82, 2.24) is 0 Å². The van der Waals surface area contributed by atoms with Gasteiger partial charge in [0.05, 0.1) is 6.67 Å². The van der Waals surface area contributed by atoms with Gasteiger partial charge in [-0.1, -0.05) is 18.7 Å². The molecule has 0 saturated heterocycles. The van der Waals surface area contributed by atoms with Crippen LogP contribution in [0.25, 0.3) is 0 Å². The molecule has 0 spiro atoms. The van der Waals surface area contributed by atoms with E-state index in [-0.39, 0.29) is 36.6 Å². The quantitative estimate of drug-likeness (QED) is 0.602. The Morgan fingerprint density at radius 2 is 1.93 bits per heavy atom. The monoisotopic (exact) mass is 242 g/mol. The van der Waals surface area contributed by atoms with Gasteiger partial charge in [-0.2, -0.15) is 0 Å². The molecule has 90 valence electrons. The Kier molecular flexibility index (Phi) is 7.92. The van der Waals surface area contributed by atoms with Gasteiger partial charge in [-0.25, -0.2) is 8.78 Å². The molecule has 0 aliphatic carbocycles. The Morgan fingerprint density at radius 1 is 1.27 bits per heavy atom. The van der Waals surface area contributed by atoms with Crippen LogP contribution in [0, 0.1) is 0 Å². The molecule has 0 fully saturated rings. The van der Waals surface area contributed by atoms with Crippen molar-refractivity contribution in [3.8, 4) is 0 Å². The number of unbranched alkanes of at least 4 members (excludes halogenated alkanes) is 1. The van der Waals surface area contributed by atoms with Crippen molar-refractivity contribution >= 4 is 16.9 Å². The van der Waals surface area contributed by atoms with E-state index in [1.807, 2.05) is 0 Å². The molecule has 5 heteroatoms. The van der Waals surface area contributed by atoms with E-state index >= 15 is 0 Å². The predicted molar refractivity (Wildman–Crippen MR) is 57.1 cm³/mol. The van der Waals surface area contributed by atoms with Gasteiger partial charge in [-0.3, -0.25) is 9.18 Å². The summed E-state index contributed by atoms with van der Waals surface area (Å²) < 4.78 is 37.8. The number of hydrogen-bond donors (Lipinski definition) is 0. The van der Waals surface area contributed by atoms with Crippen molar-refractivity contribution in [2.75, 3.05) is 12.4 Å². The van der Waals surface area contributed by atoms with Crippen molar-refractivity contribution in [2.24, 2.45) is 0 Å². The number of alkyl halides is 3. The number of carbonyl (C=O) groups excluding carboxylic acids is 1. The first-order valence-electron chi connectivity index (χ1n) is 5.11. The fourth-order valence-corrected chi connectivity index (χ4v) is 1.85. The van der Waals surface area contributed by atoms with E-state index in [4.69, 9.17) is 0 Å². The van der Waals surface area contributed by atoms with Gasteiger partial charge in [-0.05, 0) is 12.8 Å². The summed E-state index contributed by atoms with van der Waals surface area (Å²) in [6.07, 6.45) is 0.193. The standard InChI is InChI=1S/C10H17F3OS/c1-2-9(14)15-8-6-10(12,13)5-3-4-7-11/h2-8H2,1H3. The summed E-state index contributed by atoms with van der Waals surface area (Å²) in [6, 6.07) is 0. The molecule has 0 aliphatic heterocycles. The molecule has 0 bridgehead atoms. The highest BCUT2D eigenvalue weighted by atomic mass is 32.2. The zero-order chi connectivity index (χ0) is 11.7. The lowest BCUT2D eigenvalue weighted by molar-refractivity contribution is -0.110. The van der Waals surface area contributed by atoms with Gasteiger partial charge in [0.25, 0.3) is 0 Å². The smallest absolute Gasteiger partial charge is 0.249 e. The minimum absolute atomic E-state index is 0.0606. The van der Waals surface area contributed by atoms with Gasteiger partial charge < -0.3 is 0 Å². The first kappa shape index (κ1) is 14.8. The fraction of sp³-hybridized carbons (Fsp3) is 0.900. The van der Waals surface area contributed by atoms with Crippen LogP contribution in [0.15, 0.2) is 0 Å². The molecule has 0 unspecified atom stereocenters. The summed E-state index contributed by atoms with van der Waals surface area (Å²) in [6.45, 7) is 1.16. The van der Waals surface area contributed by atoms with Gasteiger partial charge in [0.15, 0.2) is 5.12 Å². The normalized spacial score (nSPS) is 11.7. The van der Waals surface area contributed by atoms with Crippen LogP contribution >= 0.6 is 11.8 Å². The number of hydrogen-bond acceptors (Lipinski definition) is 2. The van der Waals surface area contributed by atoms with Crippen molar-refractivity contribution in [1.29, 1.82) is 0 Å². The SMILES string of the molecule is CCC(=O)SCCC(F)(F)CCCCF. The number of carbonyl (C=O) groups is 1. The molecule has 0 amide bonds. The molecule has 1 nitrogen and oxygen atoms in total. The second kappa shape index (κ2) is 8.02. The van der Waals surface area contributed by atoms with E-state index in [0.717, 1.165) is 11.8 Å². The number of halogens is 3. The average molecular weight is 242 g/mol. The largest absolute Gasteiger partial charge is 0.287 e. The summed E-state index contributed by atoms with van der Waals surface area (Å²) in [5.41, 5.74) is 0. The molecule has 0 saturated carbocycles. The topological polar surface area (TPSA) is 17.1 Å². The van der Waals surface area contributed by atoms with Gasteiger partial charge >= 0.3 is 0 Å². The van der Waals surface area contributed by atoms with Crippen LogP contribution in [0.2, 0.25) is 0 Å². The highest BCUT2D eigenvalue weighted by Crippen LogP contribution is 2.27. The number of rotatable bonds is 8. The first-order valence-corrected chi connectivity index (χ1v) is 6.10. The lowest BCUT2D eigenvalue weighted by atomic mass is 10.1. The van der Waals surface area contributed by atoms with Crippen LogP contribution in [0.1, 0.15) is 39.0 Å². The Bertz CT molecular complexity index is 186. The molecule has 15 heavy (non-hydrogen) atoms. The third kappa shape index (κ3) is 8.78. The number of thioether (sulfide) groups is 1. The van der Waals surface area contributed by atoms with E-state index in [1.165, 1.54) is 0 Å². The Morgan fingerprint density at radius 3 is 2.47 bits per heavy atom. The molecule has 0 aromatic rings. The highest BCUT2D eigenvalue weighted by Gasteiger charge is 2.27. The minimum atomic E-state index is -2.75. The van der Waals surface area contributed by atoms with Crippen LogP contribution in [-0.2, 0) is 4.79 Å². The molecule has 0 atom stereocenters. The maximum atomic E-state index is 13.1. The van der Waals surface area contributed by atoms with Crippen LogP contribution in [0.5, 0.6) is 0 Å². The molecule has 0 aliphatic rings. The van der Waals surface area contributed by atoms with Crippen molar-refractivity contribution in [3.63, 3.8) is 0 Å². The van der Waals surface area contributed by atoms with Crippen LogP contribution in [0.4, 0.5) is 13.2 Å². The van der Waals surface area contributed by atoms with E-state index in [2.05, 4.69) is 0 Å². The van der Waals surface area contributed by atoms with Crippen LogP contribution in [0.3, 0.4) is 0 Å². The van der Waals surface area contributed by atoms with Gasteiger partial charge in [0.1, 0.15) is 0 Å². The van der Waals surface area contributed by atoms with Crippen molar-refractivity contribution in [3.05, 3.63) is 0 Å². The lowest BCUT2D eigenvalue weighted by Crippen LogP contribution is -2.17. The predicted octanol–water partition coefficient (Wildman–Crippen LogP) is 3.82. The van der Waals surface area contributed by atoms with E-state index in [9.17, 15) is 18.0 Å². The molecule has 0 aromatic heterocycles. The van der Waals surface area contributed by atoms with E-state index in [0.29, 0.717) is 6.42 Å². The highest BCUT2D eigenvalue weighted by molar-refractivity contribution is 8.13. The summed E-state index contributed by atoms with van der Waals surface area (Å²) in [4.78, 5) is 10.8. The molecule has 0 radical (unpaired) electrons. The minimum Gasteiger partial charge on any atom is -0.287 e. The lowest BCUT2D eigenvalue weighted by Gasteiger charge is -2.14. The maximum absolute atomic E-state index is 13.1. The Hall–Kier alpha value is -0.190. The van der Waals surface area contributed by atoms with E-state index < -0.39 is 12.6 Å². The van der Waals surface area contributed by atoms with Crippen LogP contribution < -0.4 is 0 Å². The molecular formula is C10H17F3OS. The fourth-order valence-electron chi connectivity index (χ4n) is 1.02. The molecular weight excluding hydrogens is 225 g/mol. The Balaban J connectivity index is 3.59. The summed E-state index contributed by atoms with van der Waals surface area (Å²) in [5.74, 6) is -2.61. The summed E-state index contributed by atoms with van der Waals surface area (Å²) >= 11 is 0.950. The van der Waals surface area contributed by atoms with Gasteiger partial charge in [-0.15, -0.1) is 0 Å². The van der Waals surface area contributed by atoms with Gasteiger partial charge in [0, 0.05) is 25.0 Å². The van der Waals surface area contributed by atoms with Crippen molar-refractivity contribution < 1.29 is 18.0 Å². The molecule has 0 aromatic carbocycles. The van der Waals surface area contributed by atoms with Gasteiger partial charge in [0.2, 0.25) is 5.92 Å². The summed E-state index contributed by atoms with van der Waals surface area (Å²) in [7, 11) is 0. The second-order valence-electron chi connectivity index (χ2n) is 3.33. The zero-order valence-corrected chi connectivity index (χ0v) is 9.72. The maximum Gasteiger partial charge on any atom is 0.249 e. The summed E-state index contributed by atoms with van der Waals surface area (Å²) in [5, 5.41) is -0.0606. The van der Waals surface area contributed by atoms with Crippen molar-refractivity contribution in [2.45, 2.75) is 45.0 Å². The molecule has 0 rings (SSSR count). The average Bonchev–Trinajstić information content (AvgIpc) is 2.17. The zero-order valence-electron chi connectivity index (χ0n) is 8.90. The third-order valence-corrected chi connectivity index (χ3v) is 2.96. The van der Waals surface area contributed by atoms with Crippen LogP contribution in [-0.4, -0.2) is 23.5 Å². The first-order chi connectivity index (χ1) is 7.02. The third-order valence-electron chi connectivity index (χ3n) is 1.95.